The molecule has 1 amide bonds. The van der Waals surface area contributed by atoms with E-state index < -0.39 is 21.8 Å². The third-order valence-electron chi connectivity index (χ3n) is 4.58. The highest BCUT2D eigenvalue weighted by atomic mass is 35.5. The molecule has 0 aliphatic heterocycles. The summed E-state index contributed by atoms with van der Waals surface area (Å²) in [6, 6.07) is 9.12. The largest absolute Gasteiger partial charge is 0.457 e. The van der Waals surface area contributed by atoms with Gasteiger partial charge in [0.05, 0.1) is 33.5 Å². The Kier molecular flexibility index (Phi) is 6.40. The number of hydrogen-bond donors (Lipinski definition) is 1. The molecule has 1 aromatic heterocycles. The number of halogens is 1. The molecule has 0 spiro atoms. The van der Waals surface area contributed by atoms with Gasteiger partial charge in [0.2, 0.25) is 0 Å². The topological polar surface area (TPSA) is 142 Å². The van der Waals surface area contributed by atoms with Crippen molar-refractivity contribution in [2.75, 3.05) is 5.32 Å². The fraction of sp³-hybridized carbons (Fsp3) is 0.200. The highest BCUT2D eigenvalue weighted by Gasteiger charge is 2.25. The summed E-state index contributed by atoms with van der Waals surface area (Å²) < 4.78 is 6.97. The minimum Gasteiger partial charge on any atom is -0.457 e. The number of nitro groups is 2. The van der Waals surface area contributed by atoms with Crippen LogP contribution in [-0.2, 0) is 4.79 Å². The van der Waals surface area contributed by atoms with Crippen LogP contribution in [0.2, 0.25) is 5.02 Å². The molecular weight excluding hydrogens is 442 g/mol. The van der Waals surface area contributed by atoms with Gasteiger partial charge in [-0.25, -0.2) is 0 Å². The summed E-state index contributed by atoms with van der Waals surface area (Å²) in [7, 11) is 0. The van der Waals surface area contributed by atoms with Crippen molar-refractivity contribution in [2.45, 2.75) is 26.8 Å². The highest BCUT2D eigenvalue weighted by molar-refractivity contribution is 6.30. The number of rotatable bonds is 7. The van der Waals surface area contributed by atoms with Gasteiger partial charge in [-0.1, -0.05) is 11.6 Å². The number of benzene rings is 2. The van der Waals surface area contributed by atoms with Crippen LogP contribution < -0.4 is 10.1 Å². The number of aromatic nitrogens is 2. The number of anilines is 1. The highest BCUT2D eigenvalue weighted by Crippen LogP contribution is 2.32. The molecule has 3 rings (SSSR count). The van der Waals surface area contributed by atoms with Crippen LogP contribution in [0.15, 0.2) is 42.5 Å². The fourth-order valence-corrected chi connectivity index (χ4v) is 3.21. The van der Waals surface area contributed by atoms with Crippen LogP contribution in [0.1, 0.15) is 24.2 Å². The number of aryl methyl sites for hydroxylation is 2. The summed E-state index contributed by atoms with van der Waals surface area (Å²) in [6.07, 6.45) is 0. The Morgan fingerprint density at radius 2 is 1.84 bits per heavy atom. The van der Waals surface area contributed by atoms with Gasteiger partial charge < -0.3 is 20.2 Å². The van der Waals surface area contributed by atoms with Gasteiger partial charge in [0.25, 0.3) is 11.6 Å². The van der Waals surface area contributed by atoms with Gasteiger partial charge in [0, 0.05) is 17.2 Å². The Balaban J connectivity index is 1.87. The third kappa shape index (κ3) is 5.01. The Labute approximate surface area is 186 Å². The lowest BCUT2D eigenvalue weighted by atomic mass is 10.2. The van der Waals surface area contributed by atoms with Crippen molar-refractivity contribution in [1.29, 1.82) is 0 Å². The molecule has 0 saturated carbocycles. The van der Waals surface area contributed by atoms with Crippen molar-refractivity contribution in [3.8, 4) is 11.5 Å². The lowest BCUT2D eigenvalue weighted by Crippen LogP contribution is -2.25. The summed E-state index contributed by atoms with van der Waals surface area (Å²) in [6.45, 7) is 4.86. The van der Waals surface area contributed by atoms with E-state index in [9.17, 15) is 25.0 Å². The molecule has 3 aromatic rings. The number of nitro benzene ring substituents is 1. The summed E-state index contributed by atoms with van der Waals surface area (Å²) in [5.41, 5.74) is 0.972. The maximum absolute atomic E-state index is 12.7. The number of hydrogen-bond acceptors (Lipinski definition) is 7. The fourth-order valence-electron chi connectivity index (χ4n) is 2.98. The number of amides is 1. The van der Waals surface area contributed by atoms with E-state index in [1.165, 1.54) is 35.9 Å². The summed E-state index contributed by atoms with van der Waals surface area (Å²) >= 11 is 5.94. The van der Waals surface area contributed by atoms with E-state index in [-0.39, 0.29) is 22.9 Å². The second-order valence-corrected chi connectivity index (χ2v) is 7.43. The van der Waals surface area contributed by atoms with Crippen molar-refractivity contribution < 1.29 is 19.4 Å². The van der Waals surface area contributed by atoms with E-state index in [4.69, 9.17) is 16.3 Å². The SMILES string of the molecule is Cc1cc(Cl)ccc1Oc1cc(NC(=O)C(C)n2nc([N+](=O)[O-])cc2C)cc([N+](=O)[O-])c1. The van der Waals surface area contributed by atoms with E-state index in [2.05, 4.69) is 10.4 Å². The van der Waals surface area contributed by atoms with Crippen LogP contribution in [0, 0.1) is 34.1 Å². The number of nitrogens with one attached hydrogen (secondary N) is 1. The molecule has 12 heteroatoms. The van der Waals surface area contributed by atoms with Crippen LogP contribution in [0.5, 0.6) is 11.5 Å². The number of carbonyl (C=O) groups excluding carboxylic acids is 1. The summed E-state index contributed by atoms with van der Waals surface area (Å²) in [4.78, 5) is 33.7. The Morgan fingerprint density at radius 1 is 1.12 bits per heavy atom. The Bertz CT molecular complexity index is 1230. The van der Waals surface area contributed by atoms with E-state index in [1.807, 2.05) is 0 Å². The zero-order valence-corrected chi connectivity index (χ0v) is 18.0. The van der Waals surface area contributed by atoms with Crippen molar-refractivity contribution in [3.05, 3.63) is 79.0 Å². The lowest BCUT2D eigenvalue weighted by molar-refractivity contribution is -0.389. The predicted molar refractivity (Wildman–Crippen MR) is 116 cm³/mol. The molecule has 2 aromatic carbocycles. The van der Waals surface area contributed by atoms with Crippen LogP contribution in [-0.4, -0.2) is 25.5 Å². The van der Waals surface area contributed by atoms with Crippen LogP contribution in [0.3, 0.4) is 0 Å². The molecule has 1 heterocycles. The molecule has 0 radical (unpaired) electrons. The summed E-state index contributed by atoms with van der Waals surface area (Å²) in [5, 5.41) is 29.2. The van der Waals surface area contributed by atoms with Crippen LogP contribution in [0.25, 0.3) is 0 Å². The van der Waals surface area contributed by atoms with E-state index in [0.717, 1.165) is 5.56 Å². The Morgan fingerprint density at radius 3 is 2.44 bits per heavy atom. The molecule has 0 bridgehead atoms. The maximum atomic E-state index is 12.7. The third-order valence-corrected chi connectivity index (χ3v) is 4.81. The van der Waals surface area contributed by atoms with Gasteiger partial charge >= 0.3 is 5.82 Å². The van der Waals surface area contributed by atoms with Crippen LogP contribution in [0.4, 0.5) is 17.2 Å². The van der Waals surface area contributed by atoms with E-state index >= 15 is 0 Å². The average molecular weight is 460 g/mol. The van der Waals surface area contributed by atoms with E-state index in [0.29, 0.717) is 16.5 Å². The first-order valence-corrected chi connectivity index (χ1v) is 9.68. The molecule has 1 N–H and O–H groups in total. The lowest BCUT2D eigenvalue weighted by Gasteiger charge is -2.13. The van der Waals surface area contributed by atoms with Crippen molar-refractivity contribution >= 4 is 34.7 Å². The van der Waals surface area contributed by atoms with Crippen molar-refractivity contribution in [2.24, 2.45) is 0 Å². The molecule has 1 atom stereocenters. The Hall–Kier alpha value is -3.99. The molecule has 0 fully saturated rings. The van der Waals surface area contributed by atoms with Gasteiger partial charge in [0.1, 0.15) is 17.5 Å². The second kappa shape index (κ2) is 9.02. The molecular formula is C20H18ClN5O6. The standard InChI is InChI=1S/C20H18ClN5O6/c1-11-6-14(21)4-5-18(11)32-17-9-15(8-16(10-17)25(28)29)22-20(27)13(3)24-12(2)7-19(23-24)26(30)31/h4-10,13H,1-3H3,(H,22,27). The van der Waals surface area contributed by atoms with Crippen molar-refractivity contribution in [1.82, 2.24) is 9.78 Å². The molecule has 11 nitrogen and oxygen atoms in total. The molecule has 0 aliphatic rings. The minimum atomic E-state index is -0.911. The number of nitrogens with zero attached hydrogens (tertiary/aromatic N) is 4. The van der Waals surface area contributed by atoms with Crippen molar-refractivity contribution in [3.63, 3.8) is 0 Å². The maximum Gasteiger partial charge on any atom is 0.390 e. The minimum absolute atomic E-state index is 0.122. The molecule has 0 aliphatic carbocycles. The smallest absolute Gasteiger partial charge is 0.390 e. The van der Waals surface area contributed by atoms with Gasteiger partial charge in [-0.2, -0.15) is 4.68 Å². The first-order valence-electron chi connectivity index (χ1n) is 9.30. The summed E-state index contributed by atoms with van der Waals surface area (Å²) in [5.74, 6) is -0.370. The zero-order chi connectivity index (χ0) is 23.6. The number of ether oxygens (including phenoxy) is 1. The number of non-ortho nitro benzene ring substituents is 1. The van der Waals surface area contributed by atoms with Gasteiger partial charge in [0.15, 0.2) is 0 Å². The number of carbonyl (C=O) groups is 1. The van der Waals surface area contributed by atoms with Gasteiger partial charge in [-0.15, -0.1) is 0 Å². The first-order chi connectivity index (χ1) is 15.0. The first kappa shape index (κ1) is 22.7. The molecule has 32 heavy (non-hydrogen) atoms. The zero-order valence-electron chi connectivity index (χ0n) is 17.2. The predicted octanol–water partition coefficient (Wildman–Crippen LogP) is 4.96. The van der Waals surface area contributed by atoms with E-state index in [1.54, 1.807) is 32.0 Å². The monoisotopic (exact) mass is 459 g/mol. The van der Waals surface area contributed by atoms with Gasteiger partial charge in [-0.05, 0) is 49.5 Å². The molecule has 0 saturated heterocycles. The van der Waals surface area contributed by atoms with Crippen LogP contribution >= 0.6 is 11.6 Å². The quantitative estimate of drug-likeness (QED) is 0.388. The second-order valence-electron chi connectivity index (χ2n) is 7.00. The normalized spacial score (nSPS) is 11.6. The average Bonchev–Trinajstić information content (AvgIpc) is 3.11. The van der Waals surface area contributed by atoms with Gasteiger partial charge in [-0.3, -0.25) is 14.9 Å². The molecule has 1 unspecified atom stereocenters. The molecule has 166 valence electrons.